The van der Waals surface area contributed by atoms with E-state index in [0.717, 1.165) is 82.6 Å². The molecule has 13 nitrogen and oxygen atoms in total. The van der Waals surface area contributed by atoms with Crippen LogP contribution in [0.1, 0.15) is 82.2 Å². The fourth-order valence-electron chi connectivity index (χ4n) is 9.58. The summed E-state index contributed by atoms with van der Waals surface area (Å²) in [5, 5.41) is 8.15. The summed E-state index contributed by atoms with van der Waals surface area (Å²) in [6.07, 6.45) is 6.68. The lowest BCUT2D eigenvalue weighted by molar-refractivity contribution is -0.155. The van der Waals surface area contributed by atoms with E-state index in [1.54, 1.807) is 7.11 Å². The molecule has 2 saturated heterocycles. The molecule has 0 spiro atoms. The molecule has 61 heavy (non-hydrogen) atoms. The maximum absolute atomic E-state index is 14.1. The van der Waals surface area contributed by atoms with Crippen molar-refractivity contribution in [1.29, 1.82) is 0 Å². The van der Waals surface area contributed by atoms with Gasteiger partial charge in [0.05, 0.1) is 53.4 Å². The third-order valence-corrected chi connectivity index (χ3v) is 14.3. The number of benzene rings is 1. The van der Waals surface area contributed by atoms with Crippen molar-refractivity contribution in [3.63, 3.8) is 0 Å². The first-order valence-corrected chi connectivity index (χ1v) is 23.1. The van der Waals surface area contributed by atoms with Crippen molar-refractivity contribution >= 4 is 45.7 Å². The van der Waals surface area contributed by atoms with Crippen LogP contribution in [-0.2, 0) is 43.2 Å². The minimum atomic E-state index is -0.946. The molecule has 2 amide bonds. The number of amides is 2. The number of nitrogens with one attached hydrogen (secondary N) is 2. The van der Waals surface area contributed by atoms with Crippen LogP contribution in [0.5, 0.6) is 0 Å². The number of carbonyl (C=O) groups is 3. The molecule has 326 valence electrons. The van der Waals surface area contributed by atoms with Gasteiger partial charge in [-0.3, -0.25) is 33.7 Å². The average Bonchev–Trinajstić information content (AvgIpc) is 4.21. The molecule has 3 aliphatic heterocycles. The van der Waals surface area contributed by atoms with E-state index in [9.17, 15) is 18.8 Å². The van der Waals surface area contributed by atoms with Gasteiger partial charge < -0.3 is 24.3 Å². The van der Waals surface area contributed by atoms with Crippen molar-refractivity contribution in [3.8, 4) is 22.5 Å². The number of rotatable bonds is 9. The summed E-state index contributed by atoms with van der Waals surface area (Å²) < 4.78 is 27.9. The van der Waals surface area contributed by atoms with E-state index in [4.69, 9.17) is 19.4 Å². The van der Waals surface area contributed by atoms with Gasteiger partial charge in [-0.1, -0.05) is 19.9 Å². The highest BCUT2D eigenvalue weighted by atomic mass is 32.1. The van der Waals surface area contributed by atoms with Gasteiger partial charge in [-0.15, -0.1) is 11.3 Å². The number of alkyl halides is 1. The number of aromatic nitrogens is 3. The normalized spacial score (nSPS) is 25.3. The number of piperazine rings is 1. The van der Waals surface area contributed by atoms with Gasteiger partial charge in [0, 0.05) is 97.6 Å². The number of hydrazine groups is 1. The van der Waals surface area contributed by atoms with Crippen molar-refractivity contribution in [2.24, 2.45) is 17.3 Å². The van der Waals surface area contributed by atoms with Crippen LogP contribution in [0, 0.1) is 17.3 Å². The Bertz CT molecular complexity index is 2300. The highest BCUT2D eigenvalue weighted by Gasteiger charge is 2.45. The molecule has 2 aliphatic carbocycles. The number of esters is 1. The summed E-state index contributed by atoms with van der Waals surface area (Å²) >= 11 is 1.44. The molecule has 6 bridgehead atoms. The summed E-state index contributed by atoms with van der Waals surface area (Å²) in [5.74, 6) is -1.88. The number of cyclic esters (lactones) is 1. The summed E-state index contributed by atoms with van der Waals surface area (Å²) in [6.45, 7) is 13.2. The van der Waals surface area contributed by atoms with Crippen LogP contribution in [0.25, 0.3) is 33.4 Å². The van der Waals surface area contributed by atoms with E-state index in [1.807, 2.05) is 18.5 Å². The number of aryl methyl sites for hydroxylation is 1. The van der Waals surface area contributed by atoms with Crippen LogP contribution in [-0.4, -0.2) is 113 Å². The molecule has 5 atom stereocenters. The molecule has 4 fully saturated rings. The molecule has 9 rings (SSSR count). The monoisotopic (exact) mass is 854 g/mol. The first-order chi connectivity index (χ1) is 29.4. The predicted molar refractivity (Wildman–Crippen MR) is 234 cm³/mol. The number of thiazole rings is 1. The lowest BCUT2D eigenvalue weighted by Gasteiger charge is -2.36. The maximum atomic E-state index is 14.1. The van der Waals surface area contributed by atoms with E-state index < -0.39 is 36.1 Å². The SMILES string of the molecule is CCn1c(-c2cc(N3CCN(C4CC4)CC3)cnc2[C@H](C)OC)c2c3cc(ccc31)-c1csc(n1)C[C@H](NC(=O)[C@H]1C[C@@H]1CF)C(=O)N1CCC[C@H](N1)C(=O)OCC(C)(C)C2. The van der Waals surface area contributed by atoms with E-state index >= 15 is 0 Å². The van der Waals surface area contributed by atoms with Crippen molar-refractivity contribution in [1.82, 2.24) is 35.2 Å². The molecular formula is C46H59FN8O5S. The van der Waals surface area contributed by atoms with Gasteiger partial charge in [0.2, 0.25) is 5.91 Å². The second-order valence-corrected chi connectivity index (χ2v) is 19.4. The van der Waals surface area contributed by atoms with Crippen LogP contribution in [0.4, 0.5) is 10.1 Å². The molecule has 6 heterocycles. The van der Waals surface area contributed by atoms with Gasteiger partial charge in [-0.25, -0.2) is 10.4 Å². The van der Waals surface area contributed by atoms with Gasteiger partial charge >= 0.3 is 5.97 Å². The summed E-state index contributed by atoms with van der Waals surface area (Å²) in [4.78, 5) is 56.5. The first kappa shape index (κ1) is 41.9. The molecule has 2 N–H and O–H groups in total. The summed E-state index contributed by atoms with van der Waals surface area (Å²) in [5.41, 5.74) is 10.7. The second-order valence-electron chi connectivity index (χ2n) is 18.5. The fraction of sp³-hybridized carbons (Fsp3) is 0.587. The number of anilines is 1. The predicted octanol–water partition coefficient (Wildman–Crippen LogP) is 6.09. The van der Waals surface area contributed by atoms with Gasteiger partial charge in [0.25, 0.3) is 5.91 Å². The minimum absolute atomic E-state index is 0.159. The summed E-state index contributed by atoms with van der Waals surface area (Å²) in [6, 6.07) is 7.87. The molecule has 15 heteroatoms. The zero-order valence-corrected chi connectivity index (χ0v) is 36.9. The zero-order valence-electron chi connectivity index (χ0n) is 36.0. The largest absolute Gasteiger partial charge is 0.464 e. The van der Waals surface area contributed by atoms with Crippen molar-refractivity contribution < 1.29 is 28.2 Å². The topological polar surface area (TPSA) is 134 Å². The summed E-state index contributed by atoms with van der Waals surface area (Å²) in [7, 11) is 1.73. The van der Waals surface area contributed by atoms with E-state index in [1.165, 1.54) is 29.2 Å². The molecule has 1 aromatic carbocycles. The highest BCUT2D eigenvalue weighted by Crippen LogP contribution is 2.44. The number of hydrogen-bond acceptors (Lipinski definition) is 11. The molecule has 3 aromatic heterocycles. The Morgan fingerprint density at radius 2 is 1.93 bits per heavy atom. The molecule has 4 aromatic rings. The number of nitrogens with zero attached hydrogens (tertiary/aromatic N) is 6. The molecule has 0 unspecified atom stereocenters. The zero-order chi connectivity index (χ0) is 42.6. The van der Waals surface area contributed by atoms with E-state index in [0.29, 0.717) is 43.8 Å². The molecule has 5 aliphatic rings. The standard InChI is InChI=1S/C46H59FN8O5S/c1-6-54-39-12-9-28-18-33(39)35(42(54)34-20-31(24-48-41(34)27(2)59-5)53-16-14-52(15-17-53)30-10-11-30)22-46(3,4)26-60-45(58)36-8-7-13-55(51-36)44(57)37(21-40-49-38(28)25-61-40)50-43(56)32-19-29(32)23-47/h9,12,18,20,24-25,27,29-30,32,36-37,51H,6-8,10-11,13-17,19,21-23,26H2,1-5H3,(H,50,56)/t27-,29+,32-,36-,37-/m0/s1. The number of hydrogen-bond donors (Lipinski definition) is 2. The van der Waals surface area contributed by atoms with Crippen LogP contribution in [0.2, 0.25) is 0 Å². The number of ether oxygens (including phenoxy) is 2. The van der Waals surface area contributed by atoms with Crippen LogP contribution in [0.15, 0.2) is 35.8 Å². The van der Waals surface area contributed by atoms with Crippen LogP contribution >= 0.6 is 11.3 Å². The Hall–Kier alpha value is -4.44. The van der Waals surface area contributed by atoms with Gasteiger partial charge in [0.1, 0.15) is 12.1 Å². The third-order valence-electron chi connectivity index (χ3n) is 13.4. The number of halogens is 1. The fourth-order valence-corrected chi connectivity index (χ4v) is 10.4. The molecule has 2 saturated carbocycles. The van der Waals surface area contributed by atoms with E-state index in [-0.39, 0.29) is 36.9 Å². The van der Waals surface area contributed by atoms with Crippen LogP contribution in [0.3, 0.4) is 0 Å². The highest BCUT2D eigenvalue weighted by molar-refractivity contribution is 7.10. The first-order valence-electron chi connectivity index (χ1n) is 22.2. The Morgan fingerprint density at radius 1 is 1.13 bits per heavy atom. The van der Waals surface area contributed by atoms with Crippen molar-refractivity contribution in [3.05, 3.63) is 52.1 Å². The number of pyridine rings is 1. The maximum Gasteiger partial charge on any atom is 0.324 e. The minimum Gasteiger partial charge on any atom is -0.464 e. The quantitative estimate of drug-likeness (QED) is 0.191. The number of carbonyl (C=O) groups excluding carboxylic acids is 3. The number of methoxy groups -OCH3 is 1. The Labute approximate surface area is 361 Å². The van der Waals surface area contributed by atoms with Crippen molar-refractivity contribution in [2.75, 3.05) is 58.0 Å². The lowest BCUT2D eigenvalue weighted by atomic mass is 9.84. The van der Waals surface area contributed by atoms with E-state index in [2.05, 4.69) is 70.1 Å². The average molecular weight is 855 g/mol. The molecule has 0 radical (unpaired) electrons. The Balaban J connectivity index is 1.14. The molecular weight excluding hydrogens is 796 g/mol. The smallest absolute Gasteiger partial charge is 0.324 e. The van der Waals surface area contributed by atoms with Gasteiger partial charge in [-0.05, 0) is 82.1 Å². The third kappa shape index (κ3) is 8.55. The van der Waals surface area contributed by atoms with Gasteiger partial charge in [0.15, 0.2) is 0 Å². The lowest BCUT2D eigenvalue weighted by Crippen LogP contribution is -2.60. The van der Waals surface area contributed by atoms with Crippen molar-refractivity contribution in [2.45, 2.75) is 103 Å². The Morgan fingerprint density at radius 3 is 2.66 bits per heavy atom. The van der Waals surface area contributed by atoms with Crippen LogP contribution < -0.4 is 15.6 Å². The Kier molecular flexibility index (Phi) is 11.7. The number of fused-ring (bicyclic) bond motifs is 6. The second kappa shape index (κ2) is 17.0. The van der Waals surface area contributed by atoms with Gasteiger partial charge in [-0.2, -0.15) is 0 Å².